The molecule has 1 heterocycles. The number of aromatic hydroxyl groups is 1. The van der Waals surface area contributed by atoms with Crippen molar-refractivity contribution < 1.29 is 9.50 Å². The summed E-state index contributed by atoms with van der Waals surface area (Å²) in [5, 5.41) is 9.20. The Morgan fingerprint density at radius 3 is 2.53 bits per heavy atom. The summed E-state index contributed by atoms with van der Waals surface area (Å²) >= 11 is 0. The average Bonchev–Trinajstić information content (AvgIpc) is 2.43. The van der Waals surface area contributed by atoms with Crippen LogP contribution in [0.2, 0.25) is 0 Å². The van der Waals surface area contributed by atoms with Gasteiger partial charge in [-0.1, -0.05) is 19.8 Å². The second kappa shape index (κ2) is 6.75. The Hall–Kier alpha value is -1.29. The lowest BCUT2D eigenvalue weighted by atomic mass is 10.2. The molecular weight excluding hydrogens is 243 g/mol. The van der Waals surface area contributed by atoms with Gasteiger partial charge in [-0.15, -0.1) is 0 Å². The normalized spacial score (nSPS) is 16.8. The summed E-state index contributed by atoms with van der Waals surface area (Å²) in [6, 6.07) is 4.63. The van der Waals surface area contributed by atoms with Gasteiger partial charge < -0.3 is 10.0 Å². The third-order valence-electron chi connectivity index (χ3n) is 3.75. The zero-order chi connectivity index (χ0) is 13.7. The van der Waals surface area contributed by atoms with E-state index >= 15 is 0 Å². The third kappa shape index (κ3) is 3.83. The molecule has 19 heavy (non-hydrogen) atoms. The molecular formula is C15H23FN2O. The number of anilines is 1. The van der Waals surface area contributed by atoms with Crippen molar-refractivity contribution in [1.29, 1.82) is 0 Å². The first-order chi connectivity index (χ1) is 9.20. The smallest absolute Gasteiger partial charge is 0.166 e. The highest BCUT2D eigenvalue weighted by molar-refractivity contribution is 5.49. The van der Waals surface area contributed by atoms with E-state index in [-0.39, 0.29) is 5.75 Å². The number of phenols is 1. The van der Waals surface area contributed by atoms with Crippen LogP contribution in [0, 0.1) is 5.82 Å². The van der Waals surface area contributed by atoms with Crippen LogP contribution in [0.1, 0.15) is 26.2 Å². The van der Waals surface area contributed by atoms with Crippen molar-refractivity contribution in [2.75, 3.05) is 37.6 Å². The highest BCUT2D eigenvalue weighted by Crippen LogP contribution is 2.23. The van der Waals surface area contributed by atoms with E-state index in [1.807, 2.05) is 0 Å². The highest BCUT2D eigenvalue weighted by Gasteiger charge is 2.17. The van der Waals surface area contributed by atoms with E-state index in [0.29, 0.717) is 0 Å². The van der Waals surface area contributed by atoms with Crippen LogP contribution in [0.15, 0.2) is 18.2 Å². The van der Waals surface area contributed by atoms with E-state index in [0.717, 1.165) is 31.9 Å². The Labute approximate surface area is 114 Å². The number of rotatable bonds is 5. The minimum Gasteiger partial charge on any atom is -0.505 e. The number of unbranched alkanes of at least 4 members (excludes halogenated alkanes) is 2. The Morgan fingerprint density at radius 1 is 1.16 bits per heavy atom. The number of benzene rings is 1. The van der Waals surface area contributed by atoms with Gasteiger partial charge in [0.05, 0.1) is 0 Å². The van der Waals surface area contributed by atoms with Crippen LogP contribution in [-0.2, 0) is 0 Å². The second-order valence-electron chi connectivity index (χ2n) is 5.17. The molecule has 1 N–H and O–H groups in total. The number of phenolic OH excluding ortho intramolecular Hbond substituents is 1. The van der Waals surface area contributed by atoms with Crippen molar-refractivity contribution in [1.82, 2.24) is 4.90 Å². The molecule has 2 rings (SSSR count). The molecule has 0 aromatic heterocycles. The van der Waals surface area contributed by atoms with Gasteiger partial charge in [0, 0.05) is 37.9 Å². The third-order valence-corrected chi connectivity index (χ3v) is 3.75. The molecule has 0 spiro atoms. The van der Waals surface area contributed by atoms with Crippen molar-refractivity contribution in [2.45, 2.75) is 26.2 Å². The number of piperazine rings is 1. The van der Waals surface area contributed by atoms with Crippen molar-refractivity contribution in [3.05, 3.63) is 24.0 Å². The van der Waals surface area contributed by atoms with E-state index in [1.165, 1.54) is 37.9 Å². The second-order valence-corrected chi connectivity index (χ2v) is 5.17. The van der Waals surface area contributed by atoms with E-state index in [2.05, 4.69) is 16.7 Å². The molecule has 1 fully saturated rings. The number of hydrogen-bond acceptors (Lipinski definition) is 3. The van der Waals surface area contributed by atoms with Crippen molar-refractivity contribution in [2.24, 2.45) is 0 Å². The molecule has 0 amide bonds. The molecule has 1 aromatic rings. The molecule has 0 saturated carbocycles. The van der Waals surface area contributed by atoms with Crippen LogP contribution in [0.25, 0.3) is 0 Å². The van der Waals surface area contributed by atoms with E-state index in [9.17, 15) is 9.50 Å². The first kappa shape index (κ1) is 14.1. The summed E-state index contributed by atoms with van der Waals surface area (Å²) in [6.45, 7) is 7.31. The number of halogens is 1. The Balaban J connectivity index is 1.84. The van der Waals surface area contributed by atoms with Crippen molar-refractivity contribution in [3.63, 3.8) is 0 Å². The first-order valence-corrected chi connectivity index (χ1v) is 7.16. The minimum absolute atomic E-state index is 0.276. The fraction of sp³-hybridized carbons (Fsp3) is 0.600. The van der Waals surface area contributed by atoms with Crippen LogP contribution in [0.3, 0.4) is 0 Å². The molecule has 0 radical (unpaired) electrons. The van der Waals surface area contributed by atoms with E-state index in [4.69, 9.17) is 0 Å². The zero-order valence-electron chi connectivity index (χ0n) is 11.6. The van der Waals surface area contributed by atoms with Crippen LogP contribution in [-0.4, -0.2) is 42.7 Å². The van der Waals surface area contributed by atoms with E-state index < -0.39 is 5.82 Å². The molecule has 1 aromatic carbocycles. The van der Waals surface area contributed by atoms with Gasteiger partial charge in [0.15, 0.2) is 11.6 Å². The lowest BCUT2D eigenvalue weighted by Gasteiger charge is -2.36. The Morgan fingerprint density at radius 2 is 1.89 bits per heavy atom. The van der Waals surface area contributed by atoms with Crippen LogP contribution in [0.5, 0.6) is 5.75 Å². The maximum Gasteiger partial charge on any atom is 0.166 e. The zero-order valence-corrected chi connectivity index (χ0v) is 11.6. The minimum atomic E-state index is -0.539. The van der Waals surface area contributed by atoms with Crippen molar-refractivity contribution >= 4 is 5.69 Å². The molecule has 1 aliphatic rings. The first-order valence-electron chi connectivity index (χ1n) is 7.16. The lowest BCUT2D eigenvalue weighted by Crippen LogP contribution is -2.46. The molecule has 0 aliphatic carbocycles. The molecule has 0 unspecified atom stereocenters. The van der Waals surface area contributed by atoms with Crippen LogP contribution in [0.4, 0.5) is 10.1 Å². The van der Waals surface area contributed by atoms with Gasteiger partial charge in [0.2, 0.25) is 0 Å². The molecule has 106 valence electrons. The predicted molar refractivity (Wildman–Crippen MR) is 76.2 cm³/mol. The van der Waals surface area contributed by atoms with Gasteiger partial charge >= 0.3 is 0 Å². The van der Waals surface area contributed by atoms with Gasteiger partial charge in [0.25, 0.3) is 0 Å². The fourth-order valence-corrected chi connectivity index (χ4v) is 2.51. The van der Waals surface area contributed by atoms with Gasteiger partial charge in [-0.3, -0.25) is 4.90 Å². The summed E-state index contributed by atoms with van der Waals surface area (Å²) in [6.07, 6.45) is 3.82. The molecule has 1 saturated heterocycles. The van der Waals surface area contributed by atoms with Crippen molar-refractivity contribution in [3.8, 4) is 5.75 Å². The largest absolute Gasteiger partial charge is 0.505 e. The SMILES string of the molecule is CCCCCN1CCN(c2ccc(O)c(F)c2)CC1. The van der Waals surface area contributed by atoms with Crippen LogP contribution < -0.4 is 4.90 Å². The van der Waals surface area contributed by atoms with Gasteiger partial charge in [0.1, 0.15) is 0 Å². The summed E-state index contributed by atoms with van der Waals surface area (Å²) in [7, 11) is 0. The summed E-state index contributed by atoms with van der Waals surface area (Å²) in [4.78, 5) is 4.65. The number of hydrogen-bond donors (Lipinski definition) is 1. The molecule has 1 aliphatic heterocycles. The maximum atomic E-state index is 13.3. The molecule has 3 nitrogen and oxygen atoms in total. The Bertz CT molecular complexity index is 403. The predicted octanol–water partition coefficient (Wildman–Crippen LogP) is 2.84. The standard InChI is InChI=1S/C15H23FN2O/c1-2-3-4-7-17-8-10-18(11-9-17)13-5-6-15(19)14(16)12-13/h5-6,12,19H,2-4,7-11H2,1H3. The molecule has 0 atom stereocenters. The molecule has 0 bridgehead atoms. The lowest BCUT2D eigenvalue weighted by molar-refractivity contribution is 0.252. The number of nitrogens with zero attached hydrogens (tertiary/aromatic N) is 2. The summed E-state index contributed by atoms with van der Waals surface area (Å²) in [5.41, 5.74) is 0.864. The molecule has 4 heteroatoms. The van der Waals surface area contributed by atoms with Gasteiger partial charge in [-0.2, -0.15) is 0 Å². The topological polar surface area (TPSA) is 26.7 Å². The summed E-state index contributed by atoms with van der Waals surface area (Å²) < 4.78 is 13.3. The fourth-order valence-electron chi connectivity index (χ4n) is 2.51. The average molecular weight is 266 g/mol. The van der Waals surface area contributed by atoms with Gasteiger partial charge in [-0.05, 0) is 25.1 Å². The highest BCUT2D eigenvalue weighted by atomic mass is 19.1. The quantitative estimate of drug-likeness (QED) is 0.830. The monoisotopic (exact) mass is 266 g/mol. The van der Waals surface area contributed by atoms with Crippen LogP contribution >= 0.6 is 0 Å². The van der Waals surface area contributed by atoms with E-state index in [1.54, 1.807) is 6.07 Å². The van der Waals surface area contributed by atoms with Gasteiger partial charge in [-0.25, -0.2) is 4.39 Å². The maximum absolute atomic E-state index is 13.3. The summed E-state index contributed by atoms with van der Waals surface area (Å²) in [5.74, 6) is -0.815. The Kier molecular flexibility index (Phi) is 5.02.